The highest BCUT2D eigenvalue weighted by atomic mass is 79.9. The predicted molar refractivity (Wildman–Crippen MR) is 80.8 cm³/mol. The lowest BCUT2D eigenvalue weighted by molar-refractivity contribution is 0.0519. The number of esters is 1. The number of carbonyl (C=O) groups is 1. The fraction of sp³-hybridized carbons (Fsp3) is 0.231. The Labute approximate surface area is 129 Å². The number of halogens is 2. The molecule has 0 fully saturated rings. The van der Waals surface area contributed by atoms with Crippen LogP contribution in [0.3, 0.4) is 0 Å². The van der Waals surface area contributed by atoms with Gasteiger partial charge in [-0.15, -0.1) is 0 Å². The second-order valence-corrected chi connectivity index (χ2v) is 5.41. The summed E-state index contributed by atoms with van der Waals surface area (Å²) in [5.74, 6) is -0.523. The van der Waals surface area contributed by atoms with E-state index in [0.717, 1.165) is 10.0 Å². The largest absolute Gasteiger partial charge is 0.461 e. The third-order valence-electron chi connectivity index (χ3n) is 2.61. The van der Waals surface area contributed by atoms with E-state index in [9.17, 15) is 4.79 Å². The first kappa shape index (κ1) is 14.9. The van der Waals surface area contributed by atoms with Crippen LogP contribution < -0.4 is 5.73 Å². The zero-order valence-electron chi connectivity index (χ0n) is 10.8. The number of nitrogens with zero attached hydrogens (tertiary/aromatic N) is 2. The predicted octanol–water partition coefficient (Wildman–Crippen LogP) is 3.11. The molecule has 5 nitrogen and oxygen atoms in total. The number of aromatic nitrogens is 2. The molecular formula is C13H13BrClN3O2. The van der Waals surface area contributed by atoms with Gasteiger partial charge in [0.25, 0.3) is 0 Å². The highest BCUT2D eigenvalue weighted by Gasteiger charge is 2.16. The molecule has 2 rings (SSSR count). The molecule has 0 atom stereocenters. The van der Waals surface area contributed by atoms with E-state index in [2.05, 4.69) is 21.0 Å². The van der Waals surface area contributed by atoms with Crippen LogP contribution in [0.1, 0.15) is 23.0 Å². The first-order valence-electron chi connectivity index (χ1n) is 5.95. The summed E-state index contributed by atoms with van der Waals surface area (Å²) in [5, 5.41) is 4.75. The van der Waals surface area contributed by atoms with Gasteiger partial charge in [0.15, 0.2) is 5.69 Å². The van der Waals surface area contributed by atoms with E-state index in [1.807, 2.05) is 12.1 Å². The molecule has 0 amide bonds. The molecule has 106 valence electrons. The molecule has 0 bridgehead atoms. The first-order chi connectivity index (χ1) is 9.51. The van der Waals surface area contributed by atoms with E-state index in [1.165, 1.54) is 0 Å². The van der Waals surface area contributed by atoms with Crippen molar-refractivity contribution in [1.82, 2.24) is 9.78 Å². The summed E-state index contributed by atoms with van der Waals surface area (Å²) in [6.45, 7) is 2.44. The van der Waals surface area contributed by atoms with Crippen LogP contribution in [-0.4, -0.2) is 22.4 Å². The monoisotopic (exact) mass is 357 g/mol. The van der Waals surface area contributed by atoms with E-state index in [4.69, 9.17) is 22.1 Å². The molecule has 0 aliphatic heterocycles. The Morgan fingerprint density at radius 2 is 2.30 bits per heavy atom. The smallest absolute Gasteiger partial charge is 0.361 e. The van der Waals surface area contributed by atoms with E-state index >= 15 is 0 Å². The fourth-order valence-corrected chi connectivity index (χ4v) is 2.43. The van der Waals surface area contributed by atoms with Gasteiger partial charge in [0.2, 0.25) is 0 Å². The maximum atomic E-state index is 11.6. The summed E-state index contributed by atoms with van der Waals surface area (Å²) in [7, 11) is 0. The minimum absolute atomic E-state index is 0.125. The zero-order valence-corrected chi connectivity index (χ0v) is 13.1. The molecule has 1 aromatic carbocycles. The average Bonchev–Trinajstić information content (AvgIpc) is 2.74. The van der Waals surface area contributed by atoms with Crippen molar-refractivity contribution in [1.29, 1.82) is 0 Å². The van der Waals surface area contributed by atoms with Crippen LogP contribution in [-0.2, 0) is 11.3 Å². The van der Waals surface area contributed by atoms with Gasteiger partial charge in [-0.2, -0.15) is 5.10 Å². The second-order valence-electron chi connectivity index (χ2n) is 4.09. The number of nitrogen functional groups attached to an aromatic ring is 1. The lowest BCUT2D eigenvalue weighted by Gasteiger charge is -2.05. The van der Waals surface area contributed by atoms with Crippen molar-refractivity contribution < 1.29 is 9.53 Å². The van der Waals surface area contributed by atoms with Crippen LogP contribution in [0.15, 0.2) is 28.9 Å². The van der Waals surface area contributed by atoms with E-state index in [0.29, 0.717) is 11.6 Å². The molecule has 1 aromatic heterocycles. The average molecular weight is 359 g/mol. The number of hydrogen-bond donors (Lipinski definition) is 1. The van der Waals surface area contributed by atoms with Gasteiger partial charge >= 0.3 is 5.97 Å². The number of rotatable bonds is 4. The second kappa shape index (κ2) is 6.28. The molecular weight excluding hydrogens is 346 g/mol. The van der Waals surface area contributed by atoms with Gasteiger partial charge in [-0.3, -0.25) is 4.68 Å². The number of anilines is 1. The van der Waals surface area contributed by atoms with Gasteiger partial charge in [-0.1, -0.05) is 33.6 Å². The van der Waals surface area contributed by atoms with E-state index in [-0.39, 0.29) is 18.0 Å². The van der Waals surface area contributed by atoms with Crippen LogP contribution in [0.25, 0.3) is 0 Å². The molecule has 2 N–H and O–H groups in total. The normalized spacial score (nSPS) is 10.6. The maximum Gasteiger partial charge on any atom is 0.361 e. The molecule has 1 heterocycles. The lowest BCUT2D eigenvalue weighted by atomic mass is 10.2. The zero-order chi connectivity index (χ0) is 14.7. The SMILES string of the molecule is CCOC(=O)c1nn(Cc2ccc(Br)cc2Cl)cc1N. The third kappa shape index (κ3) is 3.32. The minimum Gasteiger partial charge on any atom is -0.461 e. The van der Waals surface area contributed by atoms with Crippen molar-refractivity contribution in [3.8, 4) is 0 Å². The van der Waals surface area contributed by atoms with Crippen molar-refractivity contribution in [2.75, 3.05) is 12.3 Å². The first-order valence-corrected chi connectivity index (χ1v) is 7.12. The Kier molecular flexibility index (Phi) is 4.67. The molecule has 0 saturated heterocycles. The minimum atomic E-state index is -0.523. The Morgan fingerprint density at radius 1 is 1.55 bits per heavy atom. The molecule has 0 unspecified atom stereocenters. The van der Waals surface area contributed by atoms with Crippen LogP contribution in [0.2, 0.25) is 5.02 Å². The third-order valence-corrected chi connectivity index (χ3v) is 3.45. The Hall–Kier alpha value is -1.53. The van der Waals surface area contributed by atoms with E-state index in [1.54, 1.807) is 23.9 Å². The van der Waals surface area contributed by atoms with Crippen molar-refractivity contribution in [2.24, 2.45) is 0 Å². The van der Waals surface area contributed by atoms with Crippen molar-refractivity contribution in [3.63, 3.8) is 0 Å². The maximum absolute atomic E-state index is 11.6. The van der Waals surface area contributed by atoms with Gasteiger partial charge in [0, 0.05) is 15.7 Å². The van der Waals surface area contributed by atoms with Crippen LogP contribution in [0.4, 0.5) is 5.69 Å². The van der Waals surface area contributed by atoms with Gasteiger partial charge in [0.05, 0.1) is 18.8 Å². The summed E-state index contributed by atoms with van der Waals surface area (Å²) in [6, 6.07) is 5.57. The van der Waals surface area contributed by atoms with Crippen molar-refractivity contribution in [3.05, 3.63) is 45.1 Å². The topological polar surface area (TPSA) is 70.1 Å². The molecule has 0 aliphatic carbocycles. The van der Waals surface area contributed by atoms with Crippen LogP contribution >= 0.6 is 27.5 Å². The summed E-state index contributed by atoms with van der Waals surface area (Å²) in [6.07, 6.45) is 1.59. The molecule has 2 aromatic rings. The molecule has 0 saturated carbocycles. The van der Waals surface area contributed by atoms with Gasteiger partial charge in [-0.25, -0.2) is 4.79 Å². The molecule has 7 heteroatoms. The number of carbonyl (C=O) groups excluding carboxylic acids is 1. The number of nitrogens with two attached hydrogens (primary N) is 1. The number of hydrogen-bond acceptors (Lipinski definition) is 4. The summed E-state index contributed by atoms with van der Waals surface area (Å²) in [4.78, 5) is 11.6. The number of ether oxygens (including phenoxy) is 1. The van der Waals surface area contributed by atoms with Gasteiger partial charge < -0.3 is 10.5 Å². The Morgan fingerprint density at radius 3 is 2.95 bits per heavy atom. The molecule has 0 aliphatic rings. The molecule has 0 spiro atoms. The fourth-order valence-electron chi connectivity index (χ4n) is 1.70. The molecule has 0 radical (unpaired) electrons. The van der Waals surface area contributed by atoms with Crippen LogP contribution in [0.5, 0.6) is 0 Å². The Bertz CT molecular complexity index is 643. The van der Waals surface area contributed by atoms with Crippen LogP contribution in [0, 0.1) is 0 Å². The summed E-state index contributed by atoms with van der Waals surface area (Å²) in [5.41, 5.74) is 7.06. The summed E-state index contributed by atoms with van der Waals surface area (Å²) < 4.78 is 7.35. The summed E-state index contributed by atoms with van der Waals surface area (Å²) >= 11 is 9.49. The highest BCUT2D eigenvalue weighted by Crippen LogP contribution is 2.22. The van der Waals surface area contributed by atoms with E-state index < -0.39 is 5.97 Å². The van der Waals surface area contributed by atoms with Gasteiger partial charge in [-0.05, 0) is 24.6 Å². The lowest BCUT2D eigenvalue weighted by Crippen LogP contribution is -2.09. The van der Waals surface area contributed by atoms with Crippen molar-refractivity contribution >= 4 is 39.2 Å². The van der Waals surface area contributed by atoms with Crippen molar-refractivity contribution in [2.45, 2.75) is 13.5 Å². The van der Waals surface area contributed by atoms with Gasteiger partial charge in [0.1, 0.15) is 0 Å². The quantitative estimate of drug-likeness (QED) is 0.853. The standard InChI is InChI=1S/C13H13BrClN3O2/c1-2-20-13(19)12-11(16)7-18(17-12)6-8-3-4-9(14)5-10(8)15/h3-5,7H,2,6,16H2,1H3. The highest BCUT2D eigenvalue weighted by molar-refractivity contribution is 9.10. The molecule has 20 heavy (non-hydrogen) atoms. The number of benzene rings is 1. The Balaban J connectivity index is 2.22.